The molecular formula is C14H17BrN2O2S2. The number of aryl methyl sites for hydroxylation is 1. The van der Waals surface area contributed by atoms with Crippen LogP contribution in [0, 0.1) is 0 Å². The first-order chi connectivity index (χ1) is 9.96. The van der Waals surface area contributed by atoms with Gasteiger partial charge in [-0.05, 0) is 39.5 Å². The zero-order chi connectivity index (χ0) is 15.5. The lowest BCUT2D eigenvalue weighted by molar-refractivity contribution is 0.581. The second-order valence-corrected chi connectivity index (χ2v) is 8.74. The minimum absolute atomic E-state index is 0.248. The summed E-state index contributed by atoms with van der Waals surface area (Å²) in [6.45, 7) is 2.69. The minimum atomic E-state index is -3.54. The summed E-state index contributed by atoms with van der Waals surface area (Å²) < 4.78 is 27.8. The van der Waals surface area contributed by atoms with Crippen molar-refractivity contribution in [1.29, 1.82) is 0 Å². The molecule has 0 bridgehead atoms. The molecule has 21 heavy (non-hydrogen) atoms. The predicted molar refractivity (Wildman–Crippen MR) is 89.8 cm³/mol. The summed E-state index contributed by atoms with van der Waals surface area (Å²) in [5.74, 6) is 0. The summed E-state index contributed by atoms with van der Waals surface area (Å²) in [4.78, 5) is 1.08. The Morgan fingerprint density at radius 1 is 1.24 bits per heavy atom. The van der Waals surface area contributed by atoms with Crippen LogP contribution in [0.3, 0.4) is 0 Å². The fourth-order valence-electron chi connectivity index (χ4n) is 1.83. The van der Waals surface area contributed by atoms with Crippen LogP contribution >= 0.6 is 27.3 Å². The van der Waals surface area contributed by atoms with E-state index in [2.05, 4.69) is 27.6 Å². The van der Waals surface area contributed by atoms with Crippen molar-refractivity contribution in [3.8, 4) is 0 Å². The fourth-order valence-corrected chi connectivity index (χ4v) is 5.41. The third kappa shape index (κ3) is 4.14. The Hall–Kier alpha value is -0.730. The molecule has 0 fully saturated rings. The summed E-state index contributed by atoms with van der Waals surface area (Å²) in [7, 11) is -3.54. The summed E-state index contributed by atoms with van der Waals surface area (Å²) in [6, 6.07) is 9.51. The Bertz CT molecular complexity index is 709. The van der Waals surface area contributed by atoms with Gasteiger partial charge in [0.25, 0.3) is 0 Å². The monoisotopic (exact) mass is 388 g/mol. The molecule has 1 aromatic carbocycles. The smallest absolute Gasteiger partial charge is 0.242 e. The number of hydrogen-bond acceptors (Lipinski definition) is 4. The number of nitrogens with one attached hydrogen (secondary N) is 1. The number of hydrogen-bond donors (Lipinski definition) is 2. The average molecular weight is 389 g/mol. The highest BCUT2D eigenvalue weighted by Gasteiger charge is 2.20. The normalized spacial score (nSPS) is 11.8. The van der Waals surface area contributed by atoms with Crippen LogP contribution in [0.4, 0.5) is 0 Å². The van der Waals surface area contributed by atoms with E-state index in [0.717, 1.165) is 16.9 Å². The first kappa shape index (κ1) is 16.6. The summed E-state index contributed by atoms with van der Waals surface area (Å²) in [5.41, 5.74) is 7.70. The Morgan fingerprint density at radius 2 is 1.86 bits per heavy atom. The van der Waals surface area contributed by atoms with E-state index in [9.17, 15) is 8.42 Å². The molecule has 7 heteroatoms. The predicted octanol–water partition coefficient (Wildman–Crippen LogP) is 3.01. The van der Waals surface area contributed by atoms with E-state index < -0.39 is 10.0 Å². The minimum Gasteiger partial charge on any atom is -0.326 e. The lowest BCUT2D eigenvalue weighted by atomic mass is 10.1. The van der Waals surface area contributed by atoms with Crippen molar-refractivity contribution < 1.29 is 8.42 Å². The van der Waals surface area contributed by atoms with Gasteiger partial charge in [0.05, 0.1) is 3.79 Å². The first-order valence-electron chi connectivity index (χ1n) is 6.52. The van der Waals surface area contributed by atoms with Gasteiger partial charge in [0.15, 0.2) is 0 Å². The second-order valence-electron chi connectivity index (χ2n) is 4.55. The third-order valence-electron chi connectivity index (χ3n) is 3.09. The zero-order valence-electron chi connectivity index (χ0n) is 11.6. The maximum Gasteiger partial charge on any atom is 0.242 e. The third-order valence-corrected chi connectivity index (χ3v) is 6.77. The van der Waals surface area contributed by atoms with Crippen LogP contribution in [0.15, 0.2) is 39.0 Å². The van der Waals surface area contributed by atoms with E-state index in [1.807, 2.05) is 24.3 Å². The van der Waals surface area contributed by atoms with Crippen molar-refractivity contribution in [2.75, 3.05) is 0 Å². The molecule has 1 heterocycles. The van der Waals surface area contributed by atoms with Gasteiger partial charge in [-0.3, -0.25) is 0 Å². The first-order valence-corrected chi connectivity index (χ1v) is 9.61. The number of nitrogens with two attached hydrogens (primary N) is 1. The van der Waals surface area contributed by atoms with Crippen molar-refractivity contribution in [3.05, 3.63) is 50.1 Å². The van der Waals surface area contributed by atoms with Crippen LogP contribution in [-0.2, 0) is 29.5 Å². The van der Waals surface area contributed by atoms with Crippen LogP contribution < -0.4 is 10.5 Å². The molecule has 114 valence electrons. The van der Waals surface area contributed by atoms with Crippen LogP contribution in [0.1, 0.15) is 22.9 Å². The molecule has 0 amide bonds. The van der Waals surface area contributed by atoms with Crippen LogP contribution in [0.5, 0.6) is 0 Å². The Labute approximate surface area is 137 Å². The summed E-state index contributed by atoms with van der Waals surface area (Å²) in [6.07, 6.45) is 0.968. The maximum atomic E-state index is 12.3. The SMILES string of the molecule is CCc1ccc(CNS(=O)(=O)c2cc(CN)sc2Br)cc1. The average Bonchev–Trinajstić information content (AvgIpc) is 2.88. The Balaban J connectivity index is 2.11. The van der Waals surface area contributed by atoms with E-state index in [4.69, 9.17) is 5.73 Å². The molecule has 4 nitrogen and oxygen atoms in total. The van der Waals surface area contributed by atoms with E-state index in [0.29, 0.717) is 10.3 Å². The molecular weight excluding hydrogens is 372 g/mol. The zero-order valence-corrected chi connectivity index (χ0v) is 14.8. The standard InChI is InChI=1S/C14H17BrN2O2S2/c1-2-10-3-5-11(6-4-10)9-17-21(18,19)13-7-12(8-16)20-14(13)15/h3-7,17H,2,8-9,16H2,1H3. The molecule has 2 rings (SSSR count). The lowest BCUT2D eigenvalue weighted by Crippen LogP contribution is -2.23. The molecule has 2 aromatic rings. The van der Waals surface area contributed by atoms with Gasteiger partial charge in [0.1, 0.15) is 4.90 Å². The van der Waals surface area contributed by atoms with E-state index in [1.54, 1.807) is 6.07 Å². The highest BCUT2D eigenvalue weighted by molar-refractivity contribution is 9.11. The van der Waals surface area contributed by atoms with Crippen molar-refractivity contribution in [2.45, 2.75) is 31.3 Å². The molecule has 1 aromatic heterocycles. The molecule has 0 saturated heterocycles. The molecule has 0 saturated carbocycles. The summed E-state index contributed by atoms with van der Waals surface area (Å²) >= 11 is 4.62. The van der Waals surface area contributed by atoms with E-state index in [1.165, 1.54) is 16.9 Å². The van der Waals surface area contributed by atoms with Gasteiger partial charge in [-0.25, -0.2) is 13.1 Å². The highest BCUT2D eigenvalue weighted by Crippen LogP contribution is 2.31. The van der Waals surface area contributed by atoms with Gasteiger partial charge >= 0.3 is 0 Å². The number of thiophene rings is 1. The molecule has 0 spiro atoms. The Kier molecular flexibility index (Phi) is 5.56. The van der Waals surface area contributed by atoms with Crippen molar-refractivity contribution in [2.24, 2.45) is 5.73 Å². The van der Waals surface area contributed by atoms with Crippen LogP contribution in [0.2, 0.25) is 0 Å². The second kappa shape index (κ2) is 7.02. The molecule has 0 unspecified atom stereocenters. The topological polar surface area (TPSA) is 72.2 Å². The van der Waals surface area contributed by atoms with Gasteiger partial charge in [-0.1, -0.05) is 31.2 Å². The lowest BCUT2D eigenvalue weighted by Gasteiger charge is -2.06. The Morgan fingerprint density at radius 3 is 2.38 bits per heavy atom. The van der Waals surface area contributed by atoms with Crippen LogP contribution in [0.25, 0.3) is 0 Å². The van der Waals surface area contributed by atoms with E-state index >= 15 is 0 Å². The largest absolute Gasteiger partial charge is 0.326 e. The molecule has 0 aliphatic carbocycles. The number of benzene rings is 1. The molecule has 0 atom stereocenters. The number of sulfonamides is 1. The summed E-state index contributed by atoms with van der Waals surface area (Å²) in [5, 5.41) is 0. The molecule has 0 radical (unpaired) electrons. The van der Waals surface area contributed by atoms with Crippen LogP contribution in [-0.4, -0.2) is 8.42 Å². The maximum absolute atomic E-state index is 12.3. The number of rotatable bonds is 6. The van der Waals surface area contributed by atoms with Gasteiger partial charge in [-0.2, -0.15) is 0 Å². The van der Waals surface area contributed by atoms with Crippen molar-refractivity contribution in [3.63, 3.8) is 0 Å². The van der Waals surface area contributed by atoms with Crippen molar-refractivity contribution in [1.82, 2.24) is 4.72 Å². The fraction of sp³-hybridized carbons (Fsp3) is 0.286. The van der Waals surface area contributed by atoms with Gasteiger partial charge in [0.2, 0.25) is 10.0 Å². The van der Waals surface area contributed by atoms with Gasteiger partial charge < -0.3 is 5.73 Å². The van der Waals surface area contributed by atoms with E-state index in [-0.39, 0.29) is 11.4 Å². The molecule has 3 N–H and O–H groups in total. The molecule has 0 aliphatic rings. The highest BCUT2D eigenvalue weighted by atomic mass is 79.9. The van der Waals surface area contributed by atoms with Gasteiger partial charge in [-0.15, -0.1) is 11.3 Å². The quantitative estimate of drug-likeness (QED) is 0.798. The van der Waals surface area contributed by atoms with Gasteiger partial charge in [0, 0.05) is 18.0 Å². The number of halogens is 1. The van der Waals surface area contributed by atoms with Crippen molar-refractivity contribution >= 4 is 37.3 Å². The molecule has 0 aliphatic heterocycles.